The second-order valence-corrected chi connectivity index (χ2v) is 5.98. The fourth-order valence-corrected chi connectivity index (χ4v) is 3.21. The van der Waals surface area contributed by atoms with E-state index in [-0.39, 0.29) is 5.91 Å². The summed E-state index contributed by atoms with van der Waals surface area (Å²) in [7, 11) is 0. The molecule has 0 radical (unpaired) electrons. The van der Waals surface area contributed by atoms with Crippen molar-refractivity contribution in [3.05, 3.63) is 71.6 Å². The van der Waals surface area contributed by atoms with Gasteiger partial charge >= 0.3 is 0 Å². The maximum absolute atomic E-state index is 12.3. The number of hydrogen-bond donors (Lipinski definition) is 1. The highest BCUT2D eigenvalue weighted by Crippen LogP contribution is 2.43. The Bertz CT molecular complexity index is 742. The molecule has 1 atom stereocenters. The minimum absolute atomic E-state index is 0.245. The Balaban J connectivity index is 2.16. The molecule has 0 bridgehead atoms. The zero-order chi connectivity index (χ0) is 15.2. The molecule has 21 heavy (non-hydrogen) atoms. The van der Waals surface area contributed by atoms with E-state index in [2.05, 4.69) is 11.6 Å². The van der Waals surface area contributed by atoms with E-state index in [0.29, 0.717) is 16.8 Å². The lowest BCUT2D eigenvalue weighted by Crippen LogP contribution is -2.38. The Kier molecular flexibility index (Phi) is 3.33. The average molecular weight is 392 g/mol. The summed E-state index contributed by atoms with van der Waals surface area (Å²) >= 11 is 1.83. The van der Waals surface area contributed by atoms with Crippen LogP contribution in [0.25, 0.3) is 5.57 Å². The number of carbonyl (C=O) groups is 1. The molecular formula is C16H13IN2O2. The predicted molar refractivity (Wildman–Crippen MR) is 88.6 cm³/mol. The van der Waals surface area contributed by atoms with Gasteiger partial charge in [-0.15, -0.1) is 0 Å². The van der Waals surface area contributed by atoms with Crippen LogP contribution in [-0.2, 0) is 5.72 Å². The van der Waals surface area contributed by atoms with Crippen LogP contribution in [0.4, 0.5) is 0 Å². The quantitative estimate of drug-likeness (QED) is 0.631. The van der Waals surface area contributed by atoms with Gasteiger partial charge in [0.2, 0.25) is 5.72 Å². The van der Waals surface area contributed by atoms with Gasteiger partial charge in [0.1, 0.15) is 5.69 Å². The topological polar surface area (TPSA) is 53.4 Å². The van der Waals surface area contributed by atoms with Crippen molar-refractivity contribution in [2.24, 2.45) is 0 Å². The van der Waals surface area contributed by atoms with Crippen LogP contribution in [0.15, 0.2) is 49.2 Å². The molecule has 0 spiro atoms. The van der Waals surface area contributed by atoms with Gasteiger partial charge < -0.3 is 5.11 Å². The van der Waals surface area contributed by atoms with Crippen molar-refractivity contribution in [3.63, 3.8) is 0 Å². The van der Waals surface area contributed by atoms with Crippen LogP contribution in [0.3, 0.4) is 0 Å². The Morgan fingerprint density at radius 3 is 2.62 bits per heavy atom. The summed E-state index contributed by atoms with van der Waals surface area (Å²) in [4.78, 5) is 16.5. The molecule has 1 amide bonds. The lowest BCUT2D eigenvalue weighted by molar-refractivity contribution is 0.00400. The van der Waals surface area contributed by atoms with Crippen LogP contribution in [0.5, 0.6) is 0 Å². The Morgan fingerprint density at radius 1 is 1.33 bits per heavy atom. The second-order valence-electron chi connectivity index (χ2n) is 5.02. The first-order valence-electron chi connectivity index (χ1n) is 6.41. The molecule has 1 unspecified atom stereocenters. The first kappa shape index (κ1) is 14.2. The largest absolute Gasteiger partial charge is 0.361 e. The smallest absolute Gasteiger partial charge is 0.267 e. The van der Waals surface area contributed by atoms with Crippen molar-refractivity contribution >= 4 is 34.3 Å². The van der Waals surface area contributed by atoms with Crippen LogP contribution in [0.1, 0.15) is 34.1 Å². The third-order valence-electron chi connectivity index (χ3n) is 3.61. The highest BCUT2D eigenvalue weighted by atomic mass is 127. The Hall–Kier alpha value is -1.73. The van der Waals surface area contributed by atoms with Crippen LogP contribution < -0.4 is 0 Å². The Labute approximate surface area is 136 Å². The van der Waals surface area contributed by atoms with Crippen molar-refractivity contribution in [2.75, 3.05) is 0 Å². The molecule has 4 nitrogen and oxygen atoms in total. The van der Waals surface area contributed by atoms with E-state index in [1.165, 1.54) is 3.11 Å². The van der Waals surface area contributed by atoms with Crippen LogP contribution in [-0.4, -0.2) is 19.1 Å². The van der Waals surface area contributed by atoms with Gasteiger partial charge in [-0.25, -0.2) is 3.11 Å². The lowest BCUT2D eigenvalue weighted by atomic mass is 9.97. The molecule has 5 heteroatoms. The minimum atomic E-state index is -1.54. The highest BCUT2D eigenvalue weighted by molar-refractivity contribution is 14.1. The number of hydrogen-bond acceptors (Lipinski definition) is 3. The number of halogens is 1. The molecule has 106 valence electrons. The van der Waals surface area contributed by atoms with Crippen molar-refractivity contribution in [3.8, 4) is 0 Å². The van der Waals surface area contributed by atoms with Crippen molar-refractivity contribution in [1.29, 1.82) is 0 Å². The maximum Gasteiger partial charge on any atom is 0.267 e. The molecule has 2 aromatic rings. The first-order chi connectivity index (χ1) is 9.96. The van der Waals surface area contributed by atoms with Gasteiger partial charge in [-0.3, -0.25) is 9.78 Å². The van der Waals surface area contributed by atoms with Crippen molar-refractivity contribution in [1.82, 2.24) is 8.10 Å². The number of benzene rings is 1. The van der Waals surface area contributed by atoms with Gasteiger partial charge in [-0.1, -0.05) is 36.4 Å². The fourth-order valence-electron chi connectivity index (χ4n) is 2.44. The molecule has 0 saturated carbocycles. The van der Waals surface area contributed by atoms with Crippen molar-refractivity contribution in [2.45, 2.75) is 12.6 Å². The van der Waals surface area contributed by atoms with E-state index >= 15 is 0 Å². The third kappa shape index (κ3) is 1.99. The molecular weight excluding hydrogens is 379 g/mol. The molecule has 3 rings (SSSR count). The minimum Gasteiger partial charge on any atom is -0.361 e. The standard InChI is InChI=1S/C16H13IN2O2/c1-10(2)11-5-7-12(8-6-11)16(21)14-13(4-3-9-18-14)15(20)19(16)17/h3-9,21H,1H2,2H3. The monoisotopic (exact) mass is 392 g/mol. The second kappa shape index (κ2) is 4.92. The fraction of sp³-hybridized carbons (Fsp3) is 0.125. The SMILES string of the molecule is C=C(C)c1ccc(C2(O)c3ncccc3C(=O)N2I)cc1. The number of amides is 1. The number of pyridine rings is 1. The van der Waals surface area contributed by atoms with Gasteiger partial charge in [0.25, 0.3) is 5.91 Å². The van der Waals surface area contributed by atoms with E-state index in [9.17, 15) is 9.90 Å². The van der Waals surface area contributed by atoms with E-state index in [0.717, 1.165) is 11.1 Å². The summed E-state index contributed by atoms with van der Waals surface area (Å²) in [6, 6.07) is 10.7. The van der Waals surface area contributed by atoms with E-state index in [4.69, 9.17) is 0 Å². The van der Waals surface area contributed by atoms with Crippen LogP contribution in [0, 0.1) is 0 Å². The summed E-state index contributed by atoms with van der Waals surface area (Å²) in [5.41, 5.74) is 1.80. The first-order valence-corrected chi connectivity index (χ1v) is 7.37. The number of aliphatic hydroxyl groups is 1. The van der Waals surface area contributed by atoms with Gasteiger partial charge in [0, 0.05) is 11.8 Å². The van der Waals surface area contributed by atoms with Gasteiger partial charge in [-0.2, -0.15) is 0 Å². The molecule has 1 N–H and O–H groups in total. The molecule has 1 aliphatic rings. The highest BCUT2D eigenvalue weighted by Gasteiger charge is 2.50. The van der Waals surface area contributed by atoms with E-state index < -0.39 is 5.72 Å². The number of rotatable bonds is 2. The van der Waals surface area contributed by atoms with Gasteiger partial charge in [0.05, 0.1) is 28.4 Å². The number of aromatic nitrogens is 1. The van der Waals surface area contributed by atoms with Crippen LogP contribution in [0.2, 0.25) is 0 Å². The summed E-state index contributed by atoms with van der Waals surface area (Å²) in [5, 5.41) is 11.1. The number of allylic oxidation sites excluding steroid dienone is 1. The summed E-state index contributed by atoms with van der Waals surface area (Å²) < 4.78 is 1.29. The molecule has 0 aliphatic carbocycles. The van der Waals surface area contributed by atoms with E-state index in [1.807, 2.05) is 41.9 Å². The van der Waals surface area contributed by atoms with Crippen molar-refractivity contribution < 1.29 is 9.90 Å². The number of carbonyl (C=O) groups excluding carboxylic acids is 1. The zero-order valence-corrected chi connectivity index (χ0v) is 13.5. The third-order valence-corrected chi connectivity index (χ3v) is 4.75. The summed E-state index contributed by atoms with van der Waals surface area (Å²) in [5.74, 6) is -0.245. The maximum atomic E-state index is 12.3. The zero-order valence-electron chi connectivity index (χ0n) is 11.4. The number of nitrogens with zero attached hydrogens (tertiary/aromatic N) is 2. The van der Waals surface area contributed by atoms with Gasteiger partial charge in [-0.05, 0) is 24.6 Å². The summed E-state index contributed by atoms with van der Waals surface area (Å²) in [6.07, 6.45) is 1.58. The molecule has 0 saturated heterocycles. The summed E-state index contributed by atoms with van der Waals surface area (Å²) in [6.45, 7) is 5.81. The molecule has 1 aromatic carbocycles. The number of fused-ring (bicyclic) bond motifs is 1. The lowest BCUT2D eigenvalue weighted by Gasteiger charge is -2.29. The van der Waals surface area contributed by atoms with Crippen LogP contribution >= 0.6 is 22.9 Å². The molecule has 2 heterocycles. The molecule has 1 aliphatic heterocycles. The molecule has 0 fully saturated rings. The average Bonchev–Trinajstić information content (AvgIpc) is 2.71. The molecule has 1 aromatic heterocycles. The predicted octanol–water partition coefficient (Wildman–Crippen LogP) is 3.11. The van der Waals surface area contributed by atoms with E-state index in [1.54, 1.807) is 30.5 Å². The Morgan fingerprint density at radius 2 is 2.00 bits per heavy atom. The van der Waals surface area contributed by atoms with Gasteiger partial charge in [0.15, 0.2) is 0 Å². The normalized spacial score (nSPS) is 20.5.